The minimum absolute atomic E-state index is 0.0257. The van der Waals surface area contributed by atoms with E-state index in [-0.39, 0.29) is 36.5 Å². The van der Waals surface area contributed by atoms with Gasteiger partial charge in [-0.2, -0.15) is 0 Å². The fourth-order valence-electron chi connectivity index (χ4n) is 4.11. The minimum atomic E-state index is -0.538. The molecule has 4 rings (SSSR count). The number of rotatable bonds is 4. The van der Waals surface area contributed by atoms with Gasteiger partial charge in [0.25, 0.3) is 5.91 Å². The second-order valence-electron chi connectivity index (χ2n) is 7.74. The maximum atomic E-state index is 13.4. The lowest BCUT2D eigenvalue weighted by atomic mass is 9.89. The van der Waals surface area contributed by atoms with E-state index in [9.17, 15) is 19.2 Å². The molecule has 0 radical (unpaired) electrons. The summed E-state index contributed by atoms with van der Waals surface area (Å²) in [5.41, 5.74) is 1.38. The van der Waals surface area contributed by atoms with E-state index in [0.717, 1.165) is 0 Å². The Labute approximate surface area is 185 Å². The summed E-state index contributed by atoms with van der Waals surface area (Å²) in [5, 5.41) is 2.79. The highest BCUT2D eigenvalue weighted by atomic mass is 35.5. The van der Waals surface area contributed by atoms with Gasteiger partial charge in [0.05, 0.1) is 11.3 Å². The average molecular weight is 440 g/mol. The molecule has 0 saturated carbocycles. The van der Waals surface area contributed by atoms with E-state index in [1.165, 1.54) is 4.90 Å². The number of likely N-dealkylation sites (tertiary alicyclic amines) is 1. The quantitative estimate of drug-likeness (QED) is 0.738. The number of benzene rings is 2. The summed E-state index contributed by atoms with van der Waals surface area (Å²) < 4.78 is 0. The molecule has 160 valence electrons. The van der Waals surface area contributed by atoms with Crippen molar-refractivity contribution in [3.8, 4) is 0 Å². The summed E-state index contributed by atoms with van der Waals surface area (Å²) in [4.78, 5) is 53.2. The molecule has 2 heterocycles. The largest absolute Gasteiger partial charge is 0.338 e. The van der Waals surface area contributed by atoms with Gasteiger partial charge in [-0.25, -0.2) is 4.79 Å². The fourth-order valence-corrected chi connectivity index (χ4v) is 4.30. The lowest BCUT2D eigenvalue weighted by Crippen LogP contribution is -2.50. The van der Waals surface area contributed by atoms with Crippen molar-refractivity contribution < 1.29 is 19.2 Å². The summed E-state index contributed by atoms with van der Waals surface area (Å²) in [5.74, 6) is -0.895. The Balaban J connectivity index is 1.54. The molecule has 1 unspecified atom stereocenters. The van der Waals surface area contributed by atoms with Gasteiger partial charge in [-0.3, -0.25) is 24.6 Å². The first-order valence-corrected chi connectivity index (χ1v) is 10.6. The molecule has 2 aliphatic rings. The van der Waals surface area contributed by atoms with Crippen LogP contribution in [0.25, 0.3) is 0 Å². The Bertz CT molecular complexity index is 1050. The van der Waals surface area contributed by atoms with Gasteiger partial charge in [-0.15, -0.1) is 0 Å². The highest BCUT2D eigenvalue weighted by molar-refractivity contribution is 6.31. The summed E-state index contributed by atoms with van der Waals surface area (Å²) >= 11 is 6.02. The van der Waals surface area contributed by atoms with E-state index in [1.54, 1.807) is 53.4 Å². The molecule has 1 N–H and O–H groups in total. The summed E-state index contributed by atoms with van der Waals surface area (Å²) in [7, 11) is 0. The van der Waals surface area contributed by atoms with Gasteiger partial charge in [0.15, 0.2) is 5.78 Å². The summed E-state index contributed by atoms with van der Waals surface area (Å²) in [6, 6.07) is 13.2. The Kier molecular flexibility index (Phi) is 6.04. The first kappa shape index (κ1) is 21.1. The monoisotopic (exact) mass is 439 g/mol. The first-order chi connectivity index (χ1) is 14.9. The number of imide groups is 1. The second-order valence-corrected chi connectivity index (χ2v) is 8.17. The maximum Gasteiger partial charge on any atom is 0.328 e. The number of hydrogen-bond donors (Lipinski definition) is 1. The Hall–Kier alpha value is -3.19. The van der Waals surface area contributed by atoms with Gasteiger partial charge in [-0.1, -0.05) is 35.9 Å². The molecule has 4 amide bonds. The zero-order chi connectivity index (χ0) is 22.0. The van der Waals surface area contributed by atoms with Gasteiger partial charge < -0.3 is 4.90 Å². The number of amides is 4. The van der Waals surface area contributed by atoms with E-state index in [2.05, 4.69) is 5.32 Å². The number of carbonyl (C=O) groups is 4. The van der Waals surface area contributed by atoms with Crippen molar-refractivity contribution in [3.05, 3.63) is 64.7 Å². The van der Waals surface area contributed by atoms with Crippen LogP contribution in [0.2, 0.25) is 5.02 Å². The van der Waals surface area contributed by atoms with Gasteiger partial charge in [-0.05, 0) is 37.1 Å². The molecule has 2 saturated heterocycles. The van der Waals surface area contributed by atoms with Gasteiger partial charge in [0.2, 0.25) is 5.91 Å². The van der Waals surface area contributed by atoms with Crippen molar-refractivity contribution in [2.24, 2.45) is 5.92 Å². The number of anilines is 1. The number of Topliss-reactive ketones (excluding diaryl/α,β-unsaturated/α-hetero) is 1. The molecule has 0 aliphatic carbocycles. The van der Waals surface area contributed by atoms with Gasteiger partial charge >= 0.3 is 6.03 Å². The van der Waals surface area contributed by atoms with E-state index in [1.807, 2.05) is 0 Å². The minimum Gasteiger partial charge on any atom is -0.338 e. The third-order valence-corrected chi connectivity index (χ3v) is 5.90. The zero-order valence-electron chi connectivity index (χ0n) is 16.8. The molecule has 0 bridgehead atoms. The van der Waals surface area contributed by atoms with Crippen LogP contribution in [-0.2, 0) is 4.79 Å². The summed E-state index contributed by atoms with van der Waals surface area (Å²) in [6.07, 6.45) is 1.59. The molecule has 0 spiro atoms. The van der Waals surface area contributed by atoms with Crippen LogP contribution in [0.15, 0.2) is 48.5 Å². The number of urea groups is 1. The standard InChI is InChI=1S/C23H22ClN3O4/c24-17-7-3-5-15(13-17)21(29)16-6-4-11-26(14-16)22(30)18-8-1-2-9-19(18)27-12-10-20(28)25-23(27)31/h1-3,5,7-9,13,16H,4,6,10-12,14H2,(H,25,28,31). The predicted octanol–water partition coefficient (Wildman–Crippen LogP) is 3.52. The predicted molar refractivity (Wildman–Crippen MR) is 116 cm³/mol. The van der Waals surface area contributed by atoms with E-state index < -0.39 is 6.03 Å². The van der Waals surface area contributed by atoms with Crippen LogP contribution in [0, 0.1) is 5.92 Å². The van der Waals surface area contributed by atoms with Gasteiger partial charge in [0, 0.05) is 42.6 Å². The molecule has 2 aliphatic heterocycles. The highest BCUT2D eigenvalue weighted by Gasteiger charge is 2.32. The van der Waals surface area contributed by atoms with Crippen molar-refractivity contribution in [2.45, 2.75) is 19.3 Å². The number of para-hydroxylation sites is 1. The number of nitrogens with one attached hydrogen (secondary N) is 1. The van der Waals surface area contributed by atoms with Crippen LogP contribution < -0.4 is 10.2 Å². The third kappa shape index (κ3) is 4.46. The number of ketones is 1. The Morgan fingerprint density at radius 1 is 1.03 bits per heavy atom. The number of nitrogens with zero attached hydrogens (tertiary/aromatic N) is 2. The lowest BCUT2D eigenvalue weighted by Gasteiger charge is -2.34. The number of piperidine rings is 1. The SMILES string of the molecule is O=C1CCN(c2ccccc2C(=O)N2CCCC(C(=O)c3cccc(Cl)c3)C2)C(=O)N1. The summed E-state index contributed by atoms with van der Waals surface area (Å²) in [6.45, 7) is 1.06. The Morgan fingerprint density at radius 2 is 1.84 bits per heavy atom. The molecule has 7 nitrogen and oxygen atoms in total. The van der Waals surface area contributed by atoms with Crippen LogP contribution in [0.3, 0.4) is 0 Å². The maximum absolute atomic E-state index is 13.4. The smallest absolute Gasteiger partial charge is 0.328 e. The molecule has 2 aromatic rings. The van der Waals surface area contributed by atoms with Crippen LogP contribution in [0.4, 0.5) is 10.5 Å². The van der Waals surface area contributed by atoms with Crippen molar-refractivity contribution in [1.29, 1.82) is 0 Å². The van der Waals surface area contributed by atoms with Crippen LogP contribution in [-0.4, -0.2) is 48.2 Å². The van der Waals surface area contributed by atoms with Crippen LogP contribution in [0.5, 0.6) is 0 Å². The number of halogens is 1. The van der Waals surface area contributed by atoms with Crippen molar-refractivity contribution in [1.82, 2.24) is 10.2 Å². The molecular weight excluding hydrogens is 418 g/mol. The van der Waals surface area contributed by atoms with Gasteiger partial charge in [0.1, 0.15) is 0 Å². The molecule has 2 fully saturated rings. The normalized spacial score (nSPS) is 19.2. The lowest BCUT2D eigenvalue weighted by molar-refractivity contribution is -0.120. The Morgan fingerprint density at radius 3 is 2.61 bits per heavy atom. The number of hydrogen-bond acceptors (Lipinski definition) is 4. The van der Waals surface area contributed by atoms with Crippen LogP contribution >= 0.6 is 11.6 Å². The molecule has 1 atom stereocenters. The molecule has 31 heavy (non-hydrogen) atoms. The van der Waals surface area contributed by atoms with Crippen LogP contribution in [0.1, 0.15) is 40.0 Å². The molecule has 2 aromatic carbocycles. The zero-order valence-corrected chi connectivity index (χ0v) is 17.6. The topological polar surface area (TPSA) is 86.8 Å². The highest BCUT2D eigenvalue weighted by Crippen LogP contribution is 2.27. The molecular formula is C23H22ClN3O4. The van der Waals surface area contributed by atoms with E-state index >= 15 is 0 Å². The third-order valence-electron chi connectivity index (χ3n) is 5.67. The van der Waals surface area contributed by atoms with Crippen molar-refractivity contribution in [3.63, 3.8) is 0 Å². The first-order valence-electron chi connectivity index (χ1n) is 10.2. The van der Waals surface area contributed by atoms with Crippen molar-refractivity contribution >= 4 is 40.9 Å². The second kappa shape index (κ2) is 8.89. The molecule has 0 aromatic heterocycles. The average Bonchev–Trinajstić information content (AvgIpc) is 2.78. The van der Waals surface area contributed by atoms with E-state index in [4.69, 9.17) is 11.6 Å². The number of carbonyl (C=O) groups excluding carboxylic acids is 4. The fraction of sp³-hybridized carbons (Fsp3) is 0.304. The molecule has 8 heteroatoms. The van der Waals surface area contributed by atoms with E-state index in [0.29, 0.717) is 47.8 Å². The van der Waals surface area contributed by atoms with Crippen molar-refractivity contribution in [2.75, 3.05) is 24.5 Å².